The van der Waals surface area contributed by atoms with Crippen LogP contribution >= 0.6 is 0 Å². The lowest BCUT2D eigenvalue weighted by atomic mass is 9.98. The topological polar surface area (TPSA) is 59.7 Å². The third kappa shape index (κ3) is 3.47. The zero-order valence-electron chi connectivity index (χ0n) is 16.3. The molecule has 2 aromatic carbocycles. The Morgan fingerprint density at radius 2 is 1.85 bits per heavy atom. The second-order valence-corrected chi connectivity index (χ2v) is 6.99. The highest BCUT2D eigenvalue weighted by molar-refractivity contribution is 5.89. The summed E-state index contributed by atoms with van der Waals surface area (Å²) >= 11 is 0. The number of methoxy groups -OCH3 is 1. The standard InChI is InChI=1S/C23H24O4/c1-13(2)6-11-18-14(3)12-19(24)20-21(25)15(4)22(27-23(18)20)16-7-9-17(26-5)10-8-16/h6-10,12,24H,11H2,1-5H3. The van der Waals surface area contributed by atoms with Crippen molar-refractivity contribution in [1.82, 2.24) is 0 Å². The van der Waals surface area contributed by atoms with Gasteiger partial charge in [0.2, 0.25) is 0 Å². The first-order valence-electron chi connectivity index (χ1n) is 8.90. The SMILES string of the molecule is COc1ccc(-c2oc3c(CC=C(C)C)c(C)cc(O)c3c(=O)c2C)cc1. The Kier molecular flexibility index (Phi) is 5.08. The van der Waals surface area contributed by atoms with Crippen LogP contribution in [0.3, 0.4) is 0 Å². The van der Waals surface area contributed by atoms with Crippen LogP contribution in [0, 0.1) is 13.8 Å². The van der Waals surface area contributed by atoms with E-state index in [1.165, 1.54) is 5.57 Å². The molecule has 0 aliphatic carbocycles. The fourth-order valence-electron chi connectivity index (χ4n) is 3.19. The Bertz CT molecular complexity index is 1080. The van der Waals surface area contributed by atoms with Crippen molar-refractivity contribution in [3.05, 3.63) is 68.9 Å². The monoisotopic (exact) mass is 364 g/mol. The number of allylic oxidation sites excluding steroid dienone is 2. The van der Waals surface area contributed by atoms with Crippen LogP contribution in [0.15, 0.2) is 51.2 Å². The van der Waals surface area contributed by atoms with Gasteiger partial charge in [-0.3, -0.25) is 4.79 Å². The molecule has 0 saturated heterocycles. The predicted octanol–water partition coefficient (Wildman–Crippen LogP) is 5.30. The van der Waals surface area contributed by atoms with Crippen molar-refractivity contribution in [1.29, 1.82) is 0 Å². The van der Waals surface area contributed by atoms with Gasteiger partial charge in [-0.25, -0.2) is 0 Å². The molecule has 0 aliphatic rings. The highest BCUT2D eigenvalue weighted by Gasteiger charge is 2.19. The van der Waals surface area contributed by atoms with Gasteiger partial charge < -0.3 is 14.3 Å². The lowest BCUT2D eigenvalue weighted by Crippen LogP contribution is -2.09. The Labute approximate surface area is 158 Å². The summed E-state index contributed by atoms with van der Waals surface area (Å²) in [6.45, 7) is 7.70. The predicted molar refractivity (Wildman–Crippen MR) is 109 cm³/mol. The van der Waals surface area contributed by atoms with Crippen LogP contribution in [0.2, 0.25) is 0 Å². The molecule has 0 spiro atoms. The first-order valence-corrected chi connectivity index (χ1v) is 8.90. The van der Waals surface area contributed by atoms with Gasteiger partial charge in [0.15, 0.2) is 5.43 Å². The van der Waals surface area contributed by atoms with Crippen molar-refractivity contribution in [3.8, 4) is 22.8 Å². The molecule has 1 aromatic heterocycles. The van der Waals surface area contributed by atoms with E-state index >= 15 is 0 Å². The van der Waals surface area contributed by atoms with Gasteiger partial charge in [0.05, 0.1) is 7.11 Å². The van der Waals surface area contributed by atoms with Gasteiger partial charge in [-0.2, -0.15) is 0 Å². The number of rotatable bonds is 4. The summed E-state index contributed by atoms with van der Waals surface area (Å²) in [5, 5.41) is 10.6. The van der Waals surface area contributed by atoms with Gasteiger partial charge in [0, 0.05) is 16.7 Å². The van der Waals surface area contributed by atoms with E-state index in [9.17, 15) is 9.90 Å². The van der Waals surface area contributed by atoms with Crippen molar-refractivity contribution in [2.75, 3.05) is 7.11 Å². The zero-order valence-corrected chi connectivity index (χ0v) is 16.3. The van der Waals surface area contributed by atoms with E-state index in [1.807, 2.05) is 45.0 Å². The molecule has 3 aromatic rings. The lowest BCUT2D eigenvalue weighted by molar-refractivity contribution is 0.415. The molecule has 0 unspecified atom stereocenters. The molecule has 27 heavy (non-hydrogen) atoms. The molecule has 0 saturated carbocycles. The highest BCUT2D eigenvalue weighted by atomic mass is 16.5. The van der Waals surface area contributed by atoms with E-state index in [2.05, 4.69) is 6.08 Å². The van der Waals surface area contributed by atoms with Crippen LogP contribution in [0.5, 0.6) is 11.5 Å². The Hall–Kier alpha value is -3.01. The third-order valence-electron chi connectivity index (χ3n) is 4.77. The van der Waals surface area contributed by atoms with Crippen LogP contribution < -0.4 is 10.2 Å². The molecule has 0 aliphatic heterocycles. The van der Waals surface area contributed by atoms with Crippen molar-refractivity contribution < 1.29 is 14.3 Å². The van der Waals surface area contributed by atoms with Crippen molar-refractivity contribution in [3.63, 3.8) is 0 Å². The molecule has 0 amide bonds. The number of ether oxygens (including phenoxy) is 1. The third-order valence-corrected chi connectivity index (χ3v) is 4.77. The summed E-state index contributed by atoms with van der Waals surface area (Å²) < 4.78 is 11.4. The number of benzene rings is 2. The number of aromatic hydroxyl groups is 1. The maximum absolute atomic E-state index is 13.0. The molecule has 1 heterocycles. The molecule has 4 nitrogen and oxygen atoms in total. The maximum atomic E-state index is 13.0. The second-order valence-electron chi connectivity index (χ2n) is 6.99. The maximum Gasteiger partial charge on any atom is 0.199 e. The molecule has 3 rings (SSSR count). The number of phenols is 1. The number of phenolic OH excluding ortho intramolecular Hbond substituents is 1. The minimum Gasteiger partial charge on any atom is -0.507 e. The van der Waals surface area contributed by atoms with E-state index in [4.69, 9.17) is 9.15 Å². The highest BCUT2D eigenvalue weighted by Crippen LogP contribution is 2.34. The molecule has 140 valence electrons. The van der Waals surface area contributed by atoms with E-state index in [-0.39, 0.29) is 16.6 Å². The molecule has 1 N–H and O–H groups in total. The summed E-state index contributed by atoms with van der Waals surface area (Å²) in [5.74, 6) is 1.21. The van der Waals surface area contributed by atoms with Gasteiger partial charge in [-0.1, -0.05) is 11.6 Å². The largest absolute Gasteiger partial charge is 0.507 e. The minimum absolute atomic E-state index is 0.0402. The summed E-state index contributed by atoms with van der Waals surface area (Å²) in [6.07, 6.45) is 2.73. The van der Waals surface area contributed by atoms with Crippen LogP contribution in [-0.2, 0) is 6.42 Å². The lowest BCUT2D eigenvalue weighted by Gasteiger charge is -2.13. The van der Waals surface area contributed by atoms with Gasteiger partial charge in [-0.05, 0) is 70.0 Å². The Balaban J connectivity index is 2.33. The minimum atomic E-state index is -0.210. The van der Waals surface area contributed by atoms with Crippen LogP contribution in [-0.4, -0.2) is 12.2 Å². The summed E-state index contributed by atoms with van der Waals surface area (Å²) in [7, 11) is 1.61. The van der Waals surface area contributed by atoms with Crippen molar-refractivity contribution in [2.24, 2.45) is 0 Å². The molecule has 0 atom stereocenters. The van der Waals surface area contributed by atoms with Gasteiger partial charge in [0.25, 0.3) is 0 Å². The number of fused-ring (bicyclic) bond motifs is 1. The first-order chi connectivity index (χ1) is 12.8. The zero-order chi connectivity index (χ0) is 19.7. The molecule has 0 radical (unpaired) electrons. The fraction of sp³-hybridized carbons (Fsp3) is 0.261. The van der Waals surface area contributed by atoms with Crippen LogP contribution in [0.4, 0.5) is 0 Å². The fourth-order valence-corrected chi connectivity index (χ4v) is 3.19. The van der Waals surface area contributed by atoms with Gasteiger partial charge in [-0.15, -0.1) is 0 Å². The van der Waals surface area contributed by atoms with E-state index < -0.39 is 0 Å². The summed E-state index contributed by atoms with van der Waals surface area (Å²) in [4.78, 5) is 13.0. The average molecular weight is 364 g/mol. The summed E-state index contributed by atoms with van der Waals surface area (Å²) in [6, 6.07) is 9.02. The molecule has 0 fully saturated rings. The molecular formula is C23H24O4. The van der Waals surface area contributed by atoms with Crippen molar-refractivity contribution in [2.45, 2.75) is 34.1 Å². The molecule has 4 heteroatoms. The molecular weight excluding hydrogens is 340 g/mol. The number of hydrogen-bond donors (Lipinski definition) is 1. The van der Waals surface area contributed by atoms with Crippen LogP contribution in [0.25, 0.3) is 22.3 Å². The Morgan fingerprint density at radius 1 is 1.19 bits per heavy atom. The normalized spacial score (nSPS) is 10.9. The van der Waals surface area contributed by atoms with E-state index in [0.717, 1.165) is 22.4 Å². The smallest absolute Gasteiger partial charge is 0.199 e. The summed E-state index contributed by atoms with van der Waals surface area (Å²) in [5.41, 5.74) is 4.49. The average Bonchev–Trinajstić information content (AvgIpc) is 2.63. The first kappa shape index (κ1) is 18.8. The second kappa shape index (κ2) is 7.31. The molecule has 0 bridgehead atoms. The van der Waals surface area contributed by atoms with Crippen LogP contribution in [0.1, 0.15) is 30.5 Å². The number of hydrogen-bond acceptors (Lipinski definition) is 4. The van der Waals surface area contributed by atoms with E-state index in [0.29, 0.717) is 23.3 Å². The van der Waals surface area contributed by atoms with E-state index in [1.54, 1.807) is 20.1 Å². The van der Waals surface area contributed by atoms with Gasteiger partial charge >= 0.3 is 0 Å². The number of aryl methyl sites for hydroxylation is 1. The quantitative estimate of drug-likeness (QED) is 0.638. The Morgan fingerprint density at radius 3 is 2.44 bits per heavy atom. The van der Waals surface area contributed by atoms with Gasteiger partial charge in [0.1, 0.15) is 28.2 Å². The van der Waals surface area contributed by atoms with Crippen molar-refractivity contribution >= 4 is 11.0 Å².